The van der Waals surface area contributed by atoms with Gasteiger partial charge in [-0.15, -0.1) is 0 Å². The molecule has 0 N–H and O–H groups in total. The van der Waals surface area contributed by atoms with Gasteiger partial charge in [0.15, 0.2) is 0 Å². The van der Waals surface area contributed by atoms with E-state index in [0.29, 0.717) is 0 Å². The molecule has 0 radical (unpaired) electrons. The Bertz CT molecular complexity index is 456. The molecule has 0 nitrogen and oxygen atoms in total. The molecule has 0 bridgehead atoms. The molecule has 0 heteroatoms. The lowest BCUT2D eigenvalue weighted by Gasteiger charge is -2.41. The fourth-order valence-corrected chi connectivity index (χ4v) is 8.41. The zero-order valence-corrected chi connectivity index (χ0v) is 23.8. The predicted octanol–water partition coefficient (Wildman–Crippen LogP) is 11.9. The van der Waals surface area contributed by atoms with Gasteiger partial charge in [-0.2, -0.15) is 0 Å². The summed E-state index contributed by atoms with van der Waals surface area (Å²) in [6, 6.07) is 0. The van der Waals surface area contributed by atoms with E-state index in [0.717, 1.165) is 35.5 Å². The van der Waals surface area contributed by atoms with Crippen LogP contribution in [0.15, 0.2) is 0 Å². The standard InChI is InChI=1S/C34H64/c1-3-5-7-9-10-11-12-14-16-30-19-23-32(24-20-30)34-27-25-33(26-28-34)31-21-17-29(18-22-31)15-13-8-6-4-2/h29-34H,3-28H2,1-2H3. The lowest BCUT2D eigenvalue weighted by atomic mass is 9.64. The molecule has 3 rings (SSSR count). The van der Waals surface area contributed by atoms with Crippen molar-refractivity contribution in [1.82, 2.24) is 0 Å². The van der Waals surface area contributed by atoms with E-state index >= 15 is 0 Å². The molecule has 0 aromatic heterocycles. The summed E-state index contributed by atoms with van der Waals surface area (Å²) in [5, 5.41) is 0. The Kier molecular flexibility index (Phi) is 14.7. The van der Waals surface area contributed by atoms with Gasteiger partial charge in [-0.1, -0.05) is 129 Å². The minimum atomic E-state index is 1.09. The molecular weight excluding hydrogens is 408 g/mol. The van der Waals surface area contributed by atoms with Gasteiger partial charge >= 0.3 is 0 Å². The molecule has 0 spiro atoms. The summed E-state index contributed by atoms with van der Waals surface area (Å²) in [5.41, 5.74) is 0. The van der Waals surface area contributed by atoms with Gasteiger partial charge in [-0.3, -0.25) is 0 Å². The van der Waals surface area contributed by atoms with Crippen molar-refractivity contribution in [2.24, 2.45) is 35.5 Å². The van der Waals surface area contributed by atoms with Crippen molar-refractivity contribution in [3.63, 3.8) is 0 Å². The van der Waals surface area contributed by atoms with Crippen LogP contribution in [0.2, 0.25) is 0 Å². The first kappa shape index (κ1) is 28.6. The number of rotatable bonds is 16. The highest BCUT2D eigenvalue weighted by Gasteiger charge is 2.34. The van der Waals surface area contributed by atoms with Gasteiger partial charge in [0.1, 0.15) is 0 Å². The first-order chi connectivity index (χ1) is 16.8. The van der Waals surface area contributed by atoms with Crippen molar-refractivity contribution in [2.75, 3.05) is 0 Å². The third kappa shape index (κ3) is 10.5. The Labute approximate surface area is 216 Å². The maximum absolute atomic E-state index is 2.34. The first-order valence-electron chi connectivity index (χ1n) is 16.8. The Hall–Kier alpha value is 0. The van der Waals surface area contributed by atoms with Crippen LogP contribution in [-0.4, -0.2) is 0 Å². The molecular formula is C34H64. The molecule has 0 atom stereocenters. The fraction of sp³-hybridized carbons (Fsp3) is 1.00. The van der Waals surface area contributed by atoms with Crippen molar-refractivity contribution >= 4 is 0 Å². The van der Waals surface area contributed by atoms with Crippen LogP contribution in [0.1, 0.15) is 181 Å². The monoisotopic (exact) mass is 473 g/mol. The average molecular weight is 473 g/mol. The van der Waals surface area contributed by atoms with Gasteiger partial charge in [0, 0.05) is 0 Å². The summed E-state index contributed by atoms with van der Waals surface area (Å²) >= 11 is 0. The van der Waals surface area contributed by atoms with Gasteiger partial charge in [0.25, 0.3) is 0 Å². The summed E-state index contributed by atoms with van der Waals surface area (Å²) in [5.74, 6) is 6.60. The molecule has 0 heterocycles. The molecule has 34 heavy (non-hydrogen) atoms. The Balaban J connectivity index is 1.20. The van der Waals surface area contributed by atoms with Crippen molar-refractivity contribution < 1.29 is 0 Å². The molecule has 200 valence electrons. The maximum atomic E-state index is 2.34. The Morgan fingerprint density at radius 3 is 0.941 bits per heavy atom. The summed E-state index contributed by atoms with van der Waals surface area (Å²) < 4.78 is 0. The topological polar surface area (TPSA) is 0 Å². The van der Waals surface area contributed by atoms with Gasteiger partial charge < -0.3 is 0 Å². The quantitative estimate of drug-likeness (QED) is 0.196. The van der Waals surface area contributed by atoms with E-state index in [1.165, 1.54) is 77.0 Å². The van der Waals surface area contributed by atoms with Gasteiger partial charge in [0.2, 0.25) is 0 Å². The second-order valence-electron chi connectivity index (χ2n) is 13.3. The second kappa shape index (κ2) is 17.5. The summed E-state index contributed by atoms with van der Waals surface area (Å²) in [7, 11) is 0. The van der Waals surface area contributed by atoms with E-state index in [1.54, 1.807) is 89.9 Å². The zero-order valence-electron chi connectivity index (χ0n) is 23.8. The van der Waals surface area contributed by atoms with E-state index < -0.39 is 0 Å². The Morgan fingerprint density at radius 1 is 0.324 bits per heavy atom. The van der Waals surface area contributed by atoms with E-state index in [2.05, 4.69) is 13.8 Å². The van der Waals surface area contributed by atoms with E-state index in [4.69, 9.17) is 0 Å². The molecule has 0 aromatic carbocycles. The van der Waals surface area contributed by atoms with Crippen LogP contribution >= 0.6 is 0 Å². The molecule has 0 unspecified atom stereocenters. The van der Waals surface area contributed by atoms with Crippen LogP contribution in [0.4, 0.5) is 0 Å². The molecule has 3 aliphatic carbocycles. The van der Waals surface area contributed by atoms with Crippen LogP contribution in [0.25, 0.3) is 0 Å². The van der Waals surface area contributed by atoms with Gasteiger partial charge in [0.05, 0.1) is 0 Å². The lowest BCUT2D eigenvalue weighted by molar-refractivity contribution is 0.102. The predicted molar refractivity (Wildman–Crippen MR) is 152 cm³/mol. The van der Waals surface area contributed by atoms with Crippen LogP contribution in [0, 0.1) is 35.5 Å². The van der Waals surface area contributed by atoms with Crippen LogP contribution in [0.5, 0.6) is 0 Å². The molecule has 3 saturated carbocycles. The minimum absolute atomic E-state index is 1.09. The van der Waals surface area contributed by atoms with Gasteiger partial charge in [-0.05, 0) is 86.9 Å². The summed E-state index contributed by atoms with van der Waals surface area (Å²) in [6.07, 6.45) is 39.7. The Morgan fingerprint density at radius 2 is 0.588 bits per heavy atom. The third-order valence-electron chi connectivity index (χ3n) is 10.9. The third-order valence-corrected chi connectivity index (χ3v) is 10.9. The molecule has 0 saturated heterocycles. The highest BCUT2D eigenvalue weighted by atomic mass is 14.4. The van der Waals surface area contributed by atoms with E-state index in [9.17, 15) is 0 Å². The van der Waals surface area contributed by atoms with Crippen molar-refractivity contribution in [3.05, 3.63) is 0 Å². The maximum Gasteiger partial charge on any atom is -0.0386 e. The summed E-state index contributed by atoms with van der Waals surface area (Å²) in [6.45, 7) is 4.66. The molecule has 0 aliphatic heterocycles. The lowest BCUT2D eigenvalue weighted by Crippen LogP contribution is -2.29. The first-order valence-corrected chi connectivity index (χ1v) is 16.8. The van der Waals surface area contributed by atoms with Crippen molar-refractivity contribution in [2.45, 2.75) is 181 Å². The minimum Gasteiger partial charge on any atom is -0.0654 e. The normalized spacial score (nSPS) is 32.6. The average Bonchev–Trinajstić information content (AvgIpc) is 2.89. The van der Waals surface area contributed by atoms with E-state index in [-0.39, 0.29) is 0 Å². The van der Waals surface area contributed by atoms with Crippen molar-refractivity contribution in [1.29, 1.82) is 0 Å². The second-order valence-corrected chi connectivity index (χ2v) is 13.3. The van der Waals surface area contributed by atoms with E-state index in [1.807, 2.05) is 0 Å². The van der Waals surface area contributed by atoms with Crippen LogP contribution in [-0.2, 0) is 0 Å². The van der Waals surface area contributed by atoms with Crippen LogP contribution < -0.4 is 0 Å². The summed E-state index contributed by atoms with van der Waals surface area (Å²) in [4.78, 5) is 0. The highest BCUT2D eigenvalue weighted by Crippen LogP contribution is 2.46. The zero-order chi connectivity index (χ0) is 23.8. The van der Waals surface area contributed by atoms with Crippen LogP contribution in [0.3, 0.4) is 0 Å². The fourth-order valence-electron chi connectivity index (χ4n) is 8.41. The molecule has 3 fully saturated rings. The number of hydrogen-bond donors (Lipinski definition) is 0. The van der Waals surface area contributed by atoms with Crippen molar-refractivity contribution in [3.8, 4) is 0 Å². The molecule has 0 amide bonds. The number of hydrogen-bond acceptors (Lipinski definition) is 0. The molecule has 3 aliphatic rings. The highest BCUT2D eigenvalue weighted by molar-refractivity contribution is 4.86. The smallest absolute Gasteiger partial charge is 0.0386 e. The molecule has 0 aromatic rings. The SMILES string of the molecule is CCCCCCCCCCC1CCC(C2CCC(C3CCC(CCCCCC)CC3)CC2)CC1. The largest absolute Gasteiger partial charge is 0.0654 e. The van der Waals surface area contributed by atoms with Gasteiger partial charge in [-0.25, -0.2) is 0 Å². The number of unbranched alkanes of at least 4 members (excludes halogenated alkanes) is 10.